The number of imidazole rings is 1. The molecule has 0 aliphatic rings. The van der Waals surface area contributed by atoms with Crippen molar-refractivity contribution in [2.24, 2.45) is 5.73 Å². The molecule has 0 saturated heterocycles. The highest BCUT2D eigenvalue weighted by atomic mass is 32.1. The van der Waals surface area contributed by atoms with Gasteiger partial charge in [0.25, 0.3) is 0 Å². The van der Waals surface area contributed by atoms with Gasteiger partial charge in [-0.15, -0.1) is 11.3 Å². The number of carbonyl (C=O) groups excluding carboxylic acids is 1. The van der Waals surface area contributed by atoms with E-state index in [-0.39, 0.29) is 17.7 Å². The molecule has 0 atom stereocenters. The summed E-state index contributed by atoms with van der Waals surface area (Å²) in [4.78, 5) is 27.0. The highest BCUT2D eigenvalue weighted by Gasteiger charge is 2.30. The molecule has 0 aliphatic heterocycles. The second-order valence-corrected chi connectivity index (χ2v) is 12.2. The van der Waals surface area contributed by atoms with Crippen LogP contribution in [0.2, 0.25) is 0 Å². The third-order valence-electron chi connectivity index (χ3n) is 6.39. The summed E-state index contributed by atoms with van der Waals surface area (Å²) < 4.78 is 17.1. The van der Waals surface area contributed by atoms with Crippen LogP contribution in [0, 0.1) is 5.82 Å². The molecule has 3 N–H and O–H groups in total. The van der Waals surface area contributed by atoms with Gasteiger partial charge in [0.15, 0.2) is 5.13 Å². The van der Waals surface area contributed by atoms with Crippen LogP contribution in [0.15, 0.2) is 67.3 Å². The molecule has 200 valence electrons. The number of carbonyl (C=O) groups is 1. The first kappa shape index (κ1) is 26.6. The van der Waals surface area contributed by atoms with Crippen molar-refractivity contribution in [2.45, 2.75) is 52.0 Å². The van der Waals surface area contributed by atoms with Crippen LogP contribution in [0.25, 0.3) is 28.0 Å². The van der Waals surface area contributed by atoms with E-state index in [2.05, 4.69) is 41.0 Å². The first-order valence-electron chi connectivity index (χ1n) is 12.7. The summed E-state index contributed by atoms with van der Waals surface area (Å²) in [5, 5.41) is 3.30. The van der Waals surface area contributed by atoms with Crippen LogP contribution in [0.1, 0.15) is 50.8 Å². The maximum absolute atomic E-state index is 15.2. The minimum Gasteiger partial charge on any atom is -0.321 e. The lowest BCUT2D eigenvalue weighted by molar-refractivity contribution is -0.115. The monoisotopic (exact) mass is 542 g/mol. The fourth-order valence-electron chi connectivity index (χ4n) is 4.42. The van der Waals surface area contributed by atoms with Crippen molar-refractivity contribution < 1.29 is 9.18 Å². The van der Waals surface area contributed by atoms with Crippen molar-refractivity contribution in [3.8, 4) is 22.4 Å². The number of anilines is 1. The number of benzene rings is 1. The van der Waals surface area contributed by atoms with Gasteiger partial charge in [0.2, 0.25) is 5.91 Å². The summed E-state index contributed by atoms with van der Waals surface area (Å²) in [5.74, 6) is -0.792. The van der Waals surface area contributed by atoms with Crippen molar-refractivity contribution in [3.63, 3.8) is 0 Å². The van der Waals surface area contributed by atoms with E-state index in [1.807, 2.05) is 54.8 Å². The standard InChI is InChI=1S/C30H31FN6OS/c1-29(2,3)27-26(30(4,5)32)36-28(39-27)35-25(38)16-20-6-7-21(14-22(20)31)23-17-34-24-15-19(10-13-37(23)24)18-8-11-33-12-9-18/h6-15,17H,16,32H2,1-5H3,(H,35,36,38). The third kappa shape index (κ3) is 5.60. The van der Waals surface area contributed by atoms with E-state index in [1.165, 1.54) is 17.4 Å². The van der Waals surface area contributed by atoms with Crippen LogP contribution in [0.5, 0.6) is 0 Å². The van der Waals surface area contributed by atoms with E-state index in [0.717, 1.165) is 33.0 Å². The number of amides is 1. The Kier molecular flexibility index (Phi) is 6.82. The molecule has 5 rings (SSSR count). The molecule has 0 saturated carbocycles. The highest BCUT2D eigenvalue weighted by molar-refractivity contribution is 7.16. The number of thiazole rings is 1. The molecule has 0 radical (unpaired) electrons. The number of halogens is 1. The summed E-state index contributed by atoms with van der Waals surface area (Å²) in [6.07, 6.45) is 7.03. The number of pyridine rings is 2. The SMILES string of the molecule is CC(C)(C)c1sc(NC(=O)Cc2ccc(-c3cnc4cc(-c5ccncc5)ccn34)cc2F)nc1C(C)(C)N. The fourth-order valence-corrected chi connectivity index (χ4v) is 5.63. The molecule has 39 heavy (non-hydrogen) atoms. The molecule has 7 nitrogen and oxygen atoms in total. The zero-order valence-corrected chi connectivity index (χ0v) is 23.4. The number of nitrogens with zero attached hydrogens (tertiary/aromatic N) is 4. The predicted molar refractivity (Wildman–Crippen MR) is 154 cm³/mol. The minimum absolute atomic E-state index is 0.111. The quantitative estimate of drug-likeness (QED) is 0.261. The topological polar surface area (TPSA) is 98.2 Å². The summed E-state index contributed by atoms with van der Waals surface area (Å²) in [6, 6.07) is 12.7. The second kappa shape index (κ2) is 9.98. The van der Waals surface area contributed by atoms with Crippen molar-refractivity contribution in [3.05, 3.63) is 89.2 Å². The second-order valence-electron chi connectivity index (χ2n) is 11.2. The summed E-state index contributed by atoms with van der Waals surface area (Å²) >= 11 is 1.41. The molecule has 0 bridgehead atoms. The summed E-state index contributed by atoms with van der Waals surface area (Å²) in [7, 11) is 0. The summed E-state index contributed by atoms with van der Waals surface area (Å²) in [6.45, 7) is 10.0. The van der Waals surface area contributed by atoms with Crippen LogP contribution in [-0.2, 0) is 22.2 Å². The smallest absolute Gasteiger partial charge is 0.230 e. The fraction of sp³-hybridized carbons (Fsp3) is 0.267. The predicted octanol–water partition coefficient (Wildman–Crippen LogP) is 6.33. The third-order valence-corrected chi connectivity index (χ3v) is 7.79. The first-order valence-corrected chi connectivity index (χ1v) is 13.5. The van der Waals surface area contributed by atoms with Crippen LogP contribution < -0.4 is 11.1 Å². The van der Waals surface area contributed by atoms with E-state index in [1.54, 1.807) is 24.7 Å². The van der Waals surface area contributed by atoms with Gasteiger partial charge in [-0.1, -0.05) is 32.9 Å². The van der Waals surface area contributed by atoms with E-state index in [0.29, 0.717) is 16.3 Å². The number of fused-ring (bicyclic) bond motifs is 1. The molecule has 0 fully saturated rings. The summed E-state index contributed by atoms with van der Waals surface area (Å²) in [5.41, 5.74) is 10.8. The Morgan fingerprint density at radius 3 is 2.41 bits per heavy atom. The molecule has 4 heterocycles. The molecule has 0 unspecified atom stereocenters. The lowest BCUT2D eigenvalue weighted by atomic mass is 9.88. The van der Waals surface area contributed by atoms with E-state index < -0.39 is 11.4 Å². The van der Waals surface area contributed by atoms with Crippen LogP contribution >= 0.6 is 11.3 Å². The number of nitrogens with one attached hydrogen (secondary N) is 1. The molecular formula is C30H31FN6OS. The van der Waals surface area contributed by atoms with Gasteiger partial charge in [-0.2, -0.15) is 0 Å². The van der Waals surface area contributed by atoms with Crippen molar-refractivity contribution in [1.82, 2.24) is 19.4 Å². The lowest BCUT2D eigenvalue weighted by Gasteiger charge is -2.24. The van der Waals surface area contributed by atoms with Crippen LogP contribution in [-0.4, -0.2) is 25.3 Å². The Balaban J connectivity index is 1.34. The van der Waals surface area contributed by atoms with Gasteiger partial charge in [0.1, 0.15) is 11.5 Å². The molecule has 1 amide bonds. The molecule has 4 aromatic heterocycles. The number of rotatable bonds is 6. The Hall–Kier alpha value is -3.95. The van der Waals surface area contributed by atoms with Crippen LogP contribution in [0.4, 0.5) is 9.52 Å². The Morgan fingerprint density at radius 1 is 1.03 bits per heavy atom. The van der Waals surface area contributed by atoms with Crippen molar-refractivity contribution >= 4 is 28.0 Å². The molecule has 5 aromatic rings. The van der Waals surface area contributed by atoms with Gasteiger partial charge in [-0.05, 0) is 66.3 Å². The zero-order valence-electron chi connectivity index (χ0n) is 22.6. The van der Waals surface area contributed by atoms with Gasteiger partial charge < -0.3 is 11.1 Å². The molecule has 1 aromatic carbocycles. The van der Waals surface area contributed by atoms with Gasteiger partial charge in [-0.25, -0.2) is 14.4 Å². The largest absolute Gasteiger partial charge is 0.321 e. The van der Waals surface area contributed by atoms with Gasteiger partial charge in [0.05, 0.1) is 29.5 Å². The Morgan fingerprint density at radius 2 is 1.77 bits per heavy atom. The van der Waals surface area contributed by atoms with E-state index in [4.69, 9.17) is 5.73 Å². The minimum atomic E-state index is -0.650. The van der Waals surface area contributed by atoms with E-state index in [9.17, 15) is 4.79 Å². The van der Waals surface area contributed by atoms with Gasteiger partial charge in [0, 0.05) is 29.0 Å². The average Bonchev–Trinajstić information content (AvgIpc) is 3.50. The Bertz CT molecular complexity index is 1630. The number of nitrogens with two attached hydrogens (primary N) is 1. The molecule has 9 heteroatoms. The van der Waals surface area contributed by atoms with Crippen molar-refractivity contribution in [1.29, 1.82) is 0 Å². The van der Waals surface area contributed by atoms with Crippen LogP contribution in [0.3, 0.4) is 0 Å². The first-order chi connectivity index (χ1) is 18.4. The zero-order chi connectivity index (χ0) is 27.9. The lowest BCUT2D eigenvalue weighted by Crippen LogP contribution is -2.32. The Labute approximate surface area is 231 Å². The average molecular weight is 543 g/mol. The van der Waals surface area contributed by atoms with E-state index >= 15 is 4.39 Å². The maximum atomic E-state index is 15.2. The maximum Gasteiger partial charge on any atom is 0.230 e. The number of hydrogen-bond donors (Lipinski definition) is 2. The number of aromatic nitrogens is 4. The normalized spacial score (nSPS) is 12.2. The van der Waals surface area contributed by atoms with Gasteiger partial charge in [-0.3, -0.25) is 14.2 Å². The molecule has 0 aliphatic carbocycles. The molecule has 0 spiro atoms. The highest BCUT2D eigenvalue weighted by Crippen LogP contribution is 2.38. The van der Waals surface area contributed by atoms with Crippen molar-refractivity contribution in [2.75, 3.05) is 5.32 Å². The molecular weight excluding hydrogens is 511 g/mol. The van der Waals surface area contributed by atoms with Gasteiger partial charge >= 0.3 is 0 Å². The number of hydrogen-bond acceptors (Lipinski definition) is 6.